The van der Waals surface area contributed by atoms with Gasteiger partial charge < -0.3 is 15.9 Å². The maximum Gasteiger partial charge on any atom is 0.352 e. The first kappa shape index (κ1) is 18.6. The molecule has 0 saturated carbocycles. The van der Waals surface area contributed by atoms with Gasteiger partial charge in [0.05, 0.1) is 0 Å². The van der Waals surface area contributed by atoms with Crippen molar-refractivity contribution < 1.29 is 24.4 Å². The maximum atomic E-state index is 11.9. The van der Waals surface area contributed by atoms with E-state index < -0.39 is 12.0 Å². The molecule has 1 aromatic rings. The van der Waals surface area contributed by atoms with E-state index in [1.54, 1.807) is 6.08 Å². The average Bonchev–Trinajstić information content (AvgIpc) is 2.66. The quantitative estimate of drug-likeness (QED) is 0.458. The number of carboxylic acid groups (broad SMARTS) is 1. The number of rotatable bonds is 7. The number of thioether (sulfide) groups is 1. The highest BCUT2D eigenvalue weighted by Crippen LogP contribution is 2.39. The van der Waals surface area contributed by atoms with E-state index in [1.165, 1.54) is 16.7 Å². The number of carbonyl (C=O) groups is 2. The van der Waals surface area contributed by atoms with Crippen molar-refractivity contribution >= 4 is 23.6 Å². The van der Waals surface area contributed by atoms with Crippen molar-refractivity contribution in [2.45, 2.75) is 30.8 Å². The lowest BCUT2D eigenvalue weighted by molar-refractivity contribution is -0.687. The van der Waals surface area contributed by atoms with Crippen molar-refractivity contribution in [1.82, 2.24) is 4.90 Å². The first-order valence-electron chi connectivity index (χ1n) is 8.45. The van der Waals surface area contributed by atoms with Crippen LogP contribution in [0.1, 0.15) is 12.0 Å². The monoisotopic (exact) mass is 376 g/mol. The number of carboxylic acids is 1. The molecule has 0 radical (unpaired) electrons. The Balaban J connectivity index is 1.68. The van der Waals surface area contributed by atoms with Gasteiger partial charge >= 0.3 is 5.97 Å². The van der Waals surface area contributed by atoms with Gasteiger partial charge in [0, 0.05) is 24.5 Å². The number of carbonyl (C=O) groups excluding carboxylic acids is 1. The standard InChI is InChI=1S/C18H21N3O4S/c19-14-16(23)21-15(18(24)25)13(11-26-17(14)21)4-1-7-20-8-5-12(6-9-20)3-2-10-22/h1,4-6,8-9,14,17,22H,2-3,7,10-11,19H2/p+1/b4-1+/t14-,17-/m1/s1. The Labute approximate surface area is 155 Å². The number of hydrogen-bond acceptors (Lipinski definition) is 5. The summed E-state index contributed by atoms with van der Waals surface area (Å²) in [4.78, 5) is 24.8. The molecule has 138 valence electrons. The molecular weight excluding hydrogens is 354 g/mol. The maximum absolute atomic E-state index is 11.9. The van der Waals surface area contributed by atoms with Crippen LogP contribution in [0.3, 0.4) is 0 Å². The lowest BCUT2D eigenvalue weighted by atomic mass is 10.0. The van der Waals surface area contributed by atoms with Gasteiger partial charge in [-0.1, -0.05) is 6.08 Å². The third kappa shape index (κ3) is 3.67. The molecule has 2 aliphatic rings. The summed E-state index contributed by atoms with van der Waals surface area (Å²) in [5.74, 6) is -0.917. The molecule has 0 unspecified atom stereocenters. The third-order valence-corrected chi connectivity index (χ3v) is 5.78. The molecule has 0 aromatic carbocycles. The highest BCUT2D eigenvalue weighted by Gasteiger charge is 2.51. The SMILES string of the molecule is N[C@@H]1C(=O)N2C(C(=O)O)=C(/C=C/C[n+]3ccc(CCCO)cc3)CS[C@H]12. The van der Waals surface area contributed by atoms with E-state index >= 15 is 0 Å². The molecule has 1 saturated heterocycles. The molecule has 3 heterocycles. The summed E-state index contributed by atoms with van der Waals surface area (Å²) in [6, 6.07) is 3.40. The van der Waals surface area contributed by atoms with E-state index in [-0.39, 0.29) is 23.6 Å². The lowest BCUT2D eigenvalue weighted by Gasteiger charge is -2.47. The lowest BCUT2D eigenvalue weighted by Crippen LogP contribution is -2.68. The largest absolute Gasteiger partial charge is 0.477 e. The zero-order valence-corrected chi connectivity index (χ0v) is 15.1. The average molecular weight is 376 g/mol. The number of fused-ring (bicyclic) bond motifs is 1. The number of aliphatic carboxylic acids is 1. The second-order valence-electron chi connectivity index (χ2n) is 6.25. The number of aliphatic hydroxyl groups is 1. The van der Waals surface area contributed by atoms with Crippen molar-refractivity contribution in [2.75, 3.05) is 12.4 Å². The number of hydrogen-bond donors (Lipinski definition) is 3. The summed E-state index contributed by atoms with van der Waals surface area (Å²) < 4.78 is 1.98. The Morgan fingerprint density at radius 2 is 2.15 bits per heavy atom. The minimum Gasteiger partial charge on any atom is -0.477 e. The smallest absolute Gasteiger partial charge is 0.352 e. The topological polar surface area (TPSA) is 108 Å². The van der Waals surface area contributed by atoms with E-state index in [1.807, 2.05) is 35.2 Å². The van der Waals surface area contributed by atoms with Crippen molar-refractivity contribution in [3.05, 3.63) is 53.5 Å². The fourth-order valence-electron chi connectivity index (χ4n) is 3.04. The van der Waals surface area contributed by atoms with Gasteiger partial charge in [-0.25, -0.2) is 9.36 Å². The number of nitrogens with zero attached hydrogens (tertiary/aromatic N) is 2. The molecule has 1 amide bonds. The number of pyridine rings is 1. The van der Waals surface area contributed by atoms with Crippen molar-refractivity contribution in [3.8, 4) is 0 Å². The first-order valence-corrected chi connectivity index (χ1v) is 9.50. The minimum absolute atomic E-state index is 0.0426. The second kappa shape index (κ2) is 8.03. The summed E-state index contributed by atoms with van der Waals surface area (Å²) in [6.45, 7) is 0.778. The summed E-state index contributed by atoms with van der Waals surface area (Å²) >= 11 is 1.49. The van der Waals surface area contributed by atoms with Crippen LogP contribution in [-0.2, 0) is 22.6 Å². The minimum atomic E-state index is -1.10. The highest BCUT2D eigenvalue weighted by atomic mass is 32.2. The number of aromatic nitrogens is 1. The summed E-state index contributed by atoms with van der Waals surface area (Å²) in [6.07, 6.45) is 9.15. The van der Waals surface area contributed by atoms with E-state index in [2.05, 4.69) is 0 Å². The zero-order valence-electron chi connectivity index (χ0n) is 14.2. The summed E-state index contributed by atoms with van der Waals surface area (Å²) in [5, 5.41) is 18.1. The van der Waals surface area contributed by atoms with Crippen LogP contribution < -0.4 is 10.3 Å². The molecule has 3 rings (SSSR count). The molecule has 0 bridgehead atoms. The second-order valence-corrected chi connectivity index (χ2v) is 7.35. The fraction of sp³-hybridized carbons (Fsp3) is 0.389. The molecule has 2 atom stereocenters. The van der Waals surface area contributed by atoms with Gasteiger partial charge in [-0.3, -0.25) is 9.69 Å². The molecule has 0 spiro atoms. The number of nitrogens with two attached hydrogens (primary N) is 1. The molecule has 26 heavy (non-hydrogen) atoms. The van der Waals surface area contributed by atoms with Crippen LogP contribution in [0.4, 0.5) is 0 Å². The predicted octanol–water partition coefficient (Wildman–Crippen LogP) is 0.0363. The molecule has 1 aromatic heterocycles. The van der Waals surface area contributed by atoms with E-state index in [0.29, 0.717) is 17.9 Å². The summed E-state index contributed by atoms with van der Waals surface area (Å²) in [5.41, 5.74) is 7.57. The van der Waals surface area contributed by atoms with Gasteiger partial charge in [0.25, 0.3) is 0 Å². The van der Waals surface area contributed by atoms with Crippen molar-refractivity contribution in [2.24, 2.45) is 5.73 Å². The van der Waals surface area contributed by atoms with Crippen LogP contribution in [-0.4, -0.2) is 50.8 Å². The van der Waals surface area contributed by atoms with Crippen LogP contribution in [0.5, 0.6) is 0 Å². The Morgan fingerprint density at radius 3 is 2.81 bits per heavy atom. The Morgan fingerprint density at radius 1 is 1.42 bits per heavy atom. The molecule has 7 nitrogen and oxygen atoms in total. The number of allylic oxidation sites excluding steroid dienone is 2. The Kier molecular flexibility index (Phi) is 5.75. The Bertz CT molecular complexity index is 760. The van der Waals surface area contributed by atoms with Gasteiger partial charge in [-0.15, -0.1) is 11.8 Å². The van der Waals surface area contributed by atoms with Gasteiger partial charge in [0.1, 0.15) is 17.1 Å². The van der Waals surface area contributed by atoms with Crippen LogP contribution >= 0.6 is 11.8 Å². The molecule has 2 aliphatic heterocycles. The van der Waals surface area contributed by atoms with Crippen LogP contribution in [0.2, 0.25) is 0 Å². The predicted molar refractivity (Wildman–Crippen MR) is 96.9 cm³/mol. The van der Waals surface area contributed by atoms with E-state index in [9.17, 15) is 14.7 Å². The van der Waals surface area contributed by atoms with Crippen molar-refractivity contribution in [3.63, 3.8) is 0 Å². The fourth-order valence-corrected chi connectivity index (χ4v) is 4.31. The third-order valence-electron chi connectivity index (χ3n) is 4.46. The number of aryl methyl sites for hydroxylation is 1. The number of β-lactam (4-membered cyclic amide) rings is 1. The summed E-state index contributed by atoms with van der Waals surface area (Å²) in [7, 11) is 0. The highest BCUT2D eigenvalue weighted by molar-refractivity contribution is 8.00. The normalized spacial score (nSPS) is 22.5. The first-order chi connectivity index (χ1) is 12.5. The molecule has 1 fully saturated rings. The molecule has 4 N–H and O–H groups in total. The van der Waals surface area contributed by atoms with Gasteiger partial charge in [-0.2, -0.15) is 0 Å². The number of aliphatic hydroxyl groups excluding tert-OH is 1. The Hall–Kier alpha value is -2.16. The zero-order chi connectivity index (χ0) is 18.7. The van der Waals surface area contributed by atoms with Crippen LogP contribution in [0, 0.1) is 0 Å². The molecule has 0 aliphatic carbocycles. The van der Waals surface area contributed by atoms with Crippen LogP contribution in [0.15, 0.2) is 47.9 Å². The van der Waals surface area contributed by atoms with Gasteiger partial charge in [-0.05, 0) is 30.1 Å². The van der Waals surface area contributed by atoms with Crippen molar-refractivity contribution in [1.29, 1.82) is 0 Å². The number of amides is 1. The van der Waals surface area contributed by atoms with Gasteiger partial charge in [0.15, 0.2) is 18.9 Å². The van der Waals surface area contributed by atoms with Crippen LogP contribution in [0.25, 0.3) is 0 Å². The molecule has 8 heteroatoms. The van der Waals surface area contributed by atoms with E-state index in [0.717, 1.165) is 18.4 Å². The molecular formula is C18H22N3O4S+. The van der Waals surface area contributed by atoms with E-state index in [4.69, 9.17) is 10.8 Å². The van der Waals surface area contributed by atoms with Gasteiger partial charge in [0.2, 0.25) is 5.91 Å².